The molecule has 0 saturated heterocycles. The zero-order chi connectivity index (χ0) is 6.10. The van der Waals surface area contributed by atoms with Gasteiger partial charge in [0, 0.05) is 5.69 Å². The molecule has 1 aliphatic heterocycles. The van der Waals surface area contributed by atoms with Gasteiger partial charge in [0.05, 0.1) is 0 Å². The Labute approximate surface area is 52.2 Å². The van der Waals surface area contributed by atoms with Crippen LogP contribution in [-0.4, -0.2) is 4.98 Å². The normalized spacial score (nSPS) is 13.8. The van der Waals surface area contributed by atoms with E-state index in [1.165, 1.54) is 0 Å². The van der Waals surface area contributed by atoms with Gasteiger partial charge in [-0.3, -0.25) is 0 Å². The summed E-state index contributed by atoms with van der Waals surface area (Å²) in [6, 6.07) is 3.76. The van der Waals surface area contributed by atoms with E-state index in [0.29, 0.717) is 0 Å². The van der Waals surface area contributed by atoms with E-state index >= 15 is 0 Å². The molecule has 9 heavy (non-hydrogen) atoms. The smallest absolute Gasteiger partial charge is 0.0488 e. The lowest BCUT2D eigenvalue weighted by atomic mass is 10.4. The highest BCUT2D eigenvalue weighted by atomic mass is 15.6. The minimum atomic E-state index is 0.720. The Hall–Kier alpha value is -1.29. The molecule has 0 atom stereocenters. The number of fused-ring (bicyclic) bond motifs is 1. The van der Waals surface area contributed by atoms with Crippen molar-refractivity contribution in [1.29, 1.82) is 0 Å². The first-order valence-corrected chi connectivity index (χ1v) is 2.63. The summed E-state index contributed by atoms with van der Waals surface area (Å²) < 4.78 is 0. The second kappa shape index (κ2) is 1.60. The number of hydrazine groups is 1. The molecule has 1 aliphatic rings. The average molecular weight is 121 g/mol. The van der Waals surface area contributed by atoms with Crippen LogP contribution in [0.2, 0.25) is 0 Å². The van der Waals surface area contributed by atoms with Crippen molar-refractivity contribution >= 4 is 11.5 Å². The maximum absolute atomic E-state index is 3.97. The number of hydrogen-bond acceptors (Lipinski definition) is 3. The van der Waals surface area contributed by atoms with Crippen molar-refractivity contribution in [3.05, 3.63) is 23.8 Å². The van der Waals surface area contributed by atoms with E-state index in [1.54, 1.807) is 6.20 Å². The number of anilines is 1. The van der Waals surface area contributed by atoms with Crippen molar-refractivity contribution < 1.29 is 0 Å². The Morgan fingerprint density at radius 3 is 3.44 bits per heavy atom. The van der Waals surface area contributed by atoms with Gasteiger partial charge >= 0.3 is 0 Å². The van der Waals surface area contributed by atoms with Crippen LogP contribution in [0.3, 0.4) is 0 Å². The van der Waals surface area contributed by atoms with Gasteiger partial charge in [-0.1, -0.05) is 12.3 Å². The van der Waals surface area contributed by atoms with Gasteiger partial charge in [0.2, 0.25) is 0 Å². The number of rotatable bonds is 0. The van der Waals surface area contributed by atoms with Crippen LogP contribution in [0.15, 0.2) is 18.3 Å². The highest BCUT2D eigenvalue weighted by molar-refractivity contribution is 5.69. The van der Waals surface area contributed by atoms with Crippen LogP contribution in [0.4, 0.5) is 11.5 Å². The van der Waals surface area contributed by atoms with E-state index in [4.69, 9.17) is 0 Å². The van der Waals surface area contributed by atoms with Gasteiger partial charge < -0.3 is 15.8 Å². The van der Waals surface area contributed by atoms with Crippen molar-refractivity contribution in [2.45, 2.75) is 0 Å². The van der Waals surface area contributed by atoms with Crippen molar-refractivity contribution in [2.24, 2.45) is 0 Å². The van der Waals surface area contributed by atoms with Crippen molar-refractivity contribution in [2.75, 3.05) is 5.43 Å². The summed E-state index contributed by atoms with van der Waals surface area (Å²) >= 11 is 0. The molecule has 2 N–H and O–H groups in total. The van der Waals surface area contributed by atoms with Crippen molar-refractivity contribution in [3.63, 3.8) is 0 Å². The second-order valence-electron chi connectivity index (χ2n) is 1.72. The third-order valence-corrected chi connectivity index (χ3v) is 1.14. The monoisotopic (exact) mass is 121 g/mol. The second-order valence-corrected chi connectivity index (χ2v) is 1.72. The third kappa shape index (κ3) is 0.603. The molecular weight excluding hydrogens is 116 g/mol. The first kappa shape index (κ1) is 4.58. The molecule has 0 spiro atoms. The number of aromatic nitrogens is 1. The Morgan fingerprint density at radius 2 is 2.56 bits per heavy atom. The summed E-state index contributed by atoms with van der Waals surface area (Å²) in [6.07, 6.45) is 1.71. The maximum Gasteiger partial charge on any atom is 0.0488 e. The minimum absolute atomic E-state index is 0.720. The van der Waals surface area contributed by atoms with E-state index in [2.05, 4.69) is 21.4 Å². The van der Waals surface area contributed by atoms with Crippen LogP contribution in [0.1, 0.15) is 0 Å². The fraction of sp³-hybridized carbons (Fsp3) is 0. The van der Waals surface area contributed by atoms with Gasteiger partial charge in [0.15, 0.2) is 0 Å². The van der Waals surface area contributed by atoms with E-state index in [9.17, 15) is 0 Å². The first-order chi connectivity index (χ1) is 4.47. The van der Waals surface area contributed by atoms with Crippen LogP contribution in [0, 0.1) is 0 Å². The molecule has 0 unspecified atom stereocenters. The Kier molecular flexibility index (Phi) is 0.811. The highest BCUT2D eigenvalue weighted by Crippen LogP contribution is 2.27. The molecule has 0 amide bonds. The SMILES string of the molecule is c1cnc2c(c1)NN[N-]2. The fourth-order valence-electron chi connectivity index (χ4n) is 0.725. The molecule has 0 saturated carbocycles. The minimum Gasteiger partial charge on any atom is -0.440 e. The molecule has 4 heteroatoms. The molecular formula is C5H5N4-. The summed E-state index contributed by atoms with van der Waals surface area (Å²) in [5.74, 6) is 0.720. The summed E-state index contributed by atoms with van der Waals surface area (Å²) in [5.41, 5.74) is 10.2. The lowest BCUT2D eigenvalue weighted by molar-refractivity contribution is 1.06. The molecule has 0 aromatic carbocycles. The highest BCUT2D eigenvalue weighted by Gasteiger charge is 1.96. The van der Waals surface area contributed by atoms with E-state index < -0.39 is 0 Å². The summed E-state index contributed by atoms with van der Waals surface area (Å²) in [5, 5.41) is 0. The van der Waals surface area contributed by atoms with E-state index in [0.717, 1.165) is 11.5 Å². The molecule has 0 fully saturated rings. The summed E-state index contributed by atoms with van der Waals surface area (Å²) in [4.78, 5) is 3.97. The molecule has 1 aromatic heterocycles. The van der Waals surface area contributed by atoms with Gasteiger partial charge in [-0.2, -0.15) is 0 Å². The van der Waals surface area contributed by atoms with Gasteiger partial charge in [0.1, 0.15) is 0 Å². The molecule has 1 aromatic rings. The zero-order valence-electron chi connectivity index (χ0n) is 4.63. The summed E-state index contributed by atoms with van der Waals surface area (Å²) in [7, 11) is 0. The Balaban J connectivity index is 2.54. The molecule has 0 radical (unpaired) electrons. The largest absolute Gasteiger partial charge is 0.440 e. The lowest BCUT2D eigenvalue weighted by Gasteiger charge is -2.01. The van der Waals surface area contributed by atoms with Crippen molar-refractivity contribution in [3.8, 4) is 0 Å². The third-order valence-electron chi connectivity index (χ3n) is 1.14. The molecule has 4 nitrogen and oxygen atoms in total. The molecule has 2 heterocycles. The van der Waals surface area contributed by atoms with Gasteiger partial charge in [-0.15, -0.1) is 0 Å². The van der Waals surface area contributed by atoms with E-state index in [-0.39, 0.29) is 0 Å². The summed E-state index contributed by atoms with van der Waals surface area (Å²) in [6.45, 7) is 0. The first-order valence-electron chi connectivity index (χ1n) is 2.63. The van der Waals surface area contributed by atoms with Crippen LogP contribution >= 0.6 is 0 Å². The number of pyridine rings is 1. The van der Waals surface area contributed by atoms with Crippen LogP contribution in [0.5, 0.6) is 0 Å². The van der Waals surface area contributed by atoms with Gasteiger partial charge in [-0.05, 0) is 11.9 Å². The predicted octanol–water partition coefficient (Wildman–Crippen LogP) is 0.932. The fourth-order valence-corrected chi connectivity index (χ4v) is 0.725. The van der Waals surface area contributed by atoms with Gasteiger partial charge in [0.25, 0.3) is 0 Å². The zero-order valence-corrected chi connectivity index (χ0v) is 4.63. The standard InChI is InChI=1S/C5H5N4/c1-2-4-5(6-3-1)8-9-7-4/h1-3,7,9H/q-1. The molecule has 0 bridgehead atoms. The molecule has 2 rings (SSSR count). The van der Waals surface area contributed by atoms with Crippen LogP contribution in [0.25, 0.3) is 5.43 Å². The van der Waals surface area contributed by atoms with E-state index in [1.807, 2.05) is 12.1 Å². The van der Waals surface area contributed by atoms with Gasteiger partial charge in [-0.25, -0.2) is 5.53 Å². The van der Waals surface area contributed by atoms with Crippen LogP contribution in [-0.2, 0) is 0 Å². The van der Waals surface area contributed by atoms with Crippen LogP contribution < -0.4 is 11.0 Å². The number of nitrogens with zero attached hydrogens (tertiary/aromatic N) is 2. The quantitative estimate of drug-likeness (QED) is 0.536. The van der Waals surface area contributed by atoms with Crippen molar-refractivity contribution in [1.82, 2.24) is 10.5 Å². The number of nitrogens with one attached hydrogen (secondary N) is 2. The maximum atomic E-state index is 3.97. The average Bonchev–Trinajstić information content (AvgIpc) is 2.33. The molecule has 0 aliphatic carbocycles. The predicted molar refractivity (Wildman–Crippen MR) is 34.0 cm³/mol. The molecule has 46 valence electrons. The number of hydrogen-bond donors (Lipinski definition) is 2. The lowest BCUT2D eigenvalue weighted by Crippen LogP contribution is -2.06. The Morgan fingerprint density at radius 1 is 1.56 bits per heavy atom. The topological polar surface area (TPSA) is 51.1 Å². The Bertz CT molecular complexity index is 199.